The molecule has 86 valence electrons. The summed E-state index contributed by atoms with van der Waals surface area (Å²) in [6.45, 7) is 6.53. The number of ether oxygens (including phenoxy) is 1. The summed E-state index contributed by atoms with van der Waals surface area (Å²) < 4.78 is 5.65. The van der Waals surface area contributed by atoms with Crippen molar-refractivity contribution in [3.05, 3.63) is 48.0 Å². The van der Waals surface area contributed by atoms with Gasteiger partial charge in [-0.25, -0.2) is 0 Å². The molecule has 1 heterocycles. The molecule has 0 aliphatic carbocycles. The number of hydrogen-bond acceptors (Lipinski definition) is 2. The van der Waals surface area contributed by atoms with Crippen LogP contribution in [0.1, 0.15) is 18.4 Å². The Morgan fingerprint density at radius 2 is 2.19 bits per heavy atom. The third kappa shape index (κ3) is 3.19. The SMILES string of the molecule is C=C(COCc1ccccc1)[C@@H]1CCCN1. The van der Waals surface area contributed by atoms with E-state index in [9.17, 15) is 0 Å². The van der Waals surface area contributed by atoms with Crippen molar-refractivity contribution in [2.24, 2.45) is 0 Å². The molecule has 0 radical (unpaired) electrons. The molecule has 0 spiro atoms. The highest BCUT2D eigenvalue weighted by molar-refractivity contribution is 5.14. The van der Waals surface area contributed by atoms with Crippen molar-refractivity contribution in [1.29, 1.82) is 0 Å². The van der Waals surface area contributed by atoms with Crippen LogP contribution in [-0.4, -0.2) is 19.2 Å². The van der Waals surface area contributed by atoms with Crippen LogP contribution in [-0.2, 0) is 11.3 Å². The van der Waals surface area contributed by atoms with E-state index in [-0.39, 0.29) is 0 Å². The van der Waals surface area contributed by atoms with E-state index in [1.165, 1.54) is 24.0 Å². The van der Waals surface area contributed by atoms with Crippen LogP contribution in [0, 0.1) is 0 Å². The van der Waals surface area contributed by atoms with Gasteiger partial charge in [0.25, 0.3) is 0 Å². The second-order valence-electron chi connectivity index (χ2n) is 4.29. The fourth-order valence-electron chi connectivity index (χ4n) is 2.01. The number of benzene rings is 1. The molecule has 1 aliphatic heterocycles. The molecule has 2 nitrogen and oxygen atoms in total. The molecule has 2 heteroatoms. The van der Waals surface area contributed by atoms with E-state index < -0.39 is 0 Å². The summed E-state index contributed by atoms with van der Waals surface area (Å²) in [4.78, 5) is 0. The summed E-state index contributed by atoms with van der Waals surface area (Å²) in [5, 5.41) is 3.43. The molecule has 2 rings (SSSR count). The summed E-state index contributed by atoms with van der Waals surface area (Å²) in [6, 6.07) is 10.7. The molecule has 0 bridgehead atoms. The quantitative estimate of drug-likeness (QED) is 0.765. The van der Waals surface area contributed by atoms with Gasteiger partial charge in [0.15, 0.2) is 0 Å². The van der Waals surface area contributed by atoms with Crippen molar-refractivity contribution >= 4 is 0 Å². The third-order valence-corrected chi connectivity index (χ3v) is 2.95. The zero-order valence-electron chi connectivity index (χ0n) is 9.61. The lowest BCUT2D eigenvalue weighted by Gasteiger charge is -2.14. The van der Waals surface area contributed by atoms with Gasteiger partial charge in [0.2, 0.25) is 0 Å². The van der Waals surface area contributed by atoms with Gasteiger partial charge < -0.3 is 10.1 Å². The Labute approximate surface area is 97.3 Å². The van der Waals surface area contributed by atoms with Crippen LogP contribution < -0.4 is 5.32 Å². The van der Waals surface area contributed by atoms with Gasteiger partial charge in [-0.15, -0.1) is 0 Å². The first kappa shape index (κ1) is 11.4. The van der Waals surface area contributed by atoms with Crippen LogP contribution in [0.5, 0.6) is 0 Å². The smallest absolute Gasteiger partial charge is 0.0721 e. The zero-order valence-corrected chi connectivity index (χ0v) is 9.61. The third-order valence-electron chi connectivity index (χ3n) is 2.95. The van der Waals surface area contributed by atoms with Crippen molar-refractivity contribution in [2.75, 3.05) is 13.2 Å². The van der Waals surface area contributed by atoms with Gasteiger partial charge >= 0.3 is 0 Å². The second kappa shape index (κ2) is 5.83. The van der Waals surface area contributed by atoms with Crippen LogP contribution in [0.15, 0.2) is 42.5 Å². The average Bonchev–Trinajstić information content (AvgIpc) is 2.84. The molecule has 1 aromatic carbocycles. The van der Waals surface area contributed by atoms with Crippen molar-refractivity contribution in [1.82, 2.24) is 5.32 Å². The van der Waals surface area contributed by atoms with Crippen LogP contribution in [0.4, 0.5) is 0 Å². The molecule has 1 atom stereocenters. The van der Waals surface area contributed by atoms with E-state index in [1.807, 2.05) is 18.2 Å². The minimum Gasteiger partial charge on any atom is -0.372 e. The standard InChI is InChI=1S/C14H19NO/c1-12(14-8-5-9-15-14)10-16-11-13-6-3-2-4-7-13/h2-4,6-7,14-15H,1,5,8-11H2/t14-/m0/s1. The molecule has 1 fully saturated rings. The predicted molar refractivity (Wildman–Crippen MR) is 66.3 cm³/mol. The molecule has 1 aromatic rings. The van der Waals surface area contributed by atoms with Crippen LogP contribution in [0.2, 0.25) is 0 Å². The summed E-state index contributed by atoms with van der Waals surface area (Å²) >= 11 is 0. The minimum absolute atomic E-state index is 0.468. The Balaban J connectivity index is 1.70. The normalized spacial score (nSPS) is 19.9. The molecule has 1 saturated heterocycles. The highest BCUT2D eigenvalue weighted by Gasteiger charge is 2.16. The molecule has 16 heavy (non-hydrogen) atoms. The molecule has 0 saturated carbocycles. The molecule has 0 amide bonds. The maximum Gasteiger partial charge on any atom is 0.0721 e. The summed E-state index contributed by atoms with van der Waals surface area (Å²) in [6.07, 6.45) is 2.45. The Bertz CT molecular complexity index is 328. The topological polar surface area (TPSA) is 21.3 Å². The first-order valence-electron chi connectivity index (χ1n) is 5.89. The van der Waals surface area contributed by atoms with Gasteiger partial charge in [0.05, 0.1) is 13.2 Å². The van der Waals surface area contributed by atoms with Crippen molar-refractivity contribution in [3.63, 3.8) is 0 Å². The Kier molecular flexibility index (Phi) is 4.14. The molecule has 0 aromatic heterocycles. The first-order valence-corrected chi connectivity index (χ1v) is 5.89. The Morgan fingerprint density at radius 3 is 2.88 bits per heavy atom. The van der Waals surface area contributed by atoms with E-state index in [1.54, 1.807) is 0 Å². The van der Waals surface area contributed by atoms with Gasteiger partial charge in [0.1, 0.15) is 0 Å². The first-order chi connectivity index (χ1) is 7.86. The minimum atomic E-state index is 0.468. The summed E-state index contributed by atoms with van der Waals surface area (Å²) in [5.41, 5.74) is 2.39. The van der Waals surface area contributed by atoms with E-state index in [0.29, 0.717) is 19.3 Å². The van der Waals surface area contributed by atoms with Crippen LogP contribution in [0.3, 0.4) is 0 Å². The van der Waals surface area contributed by atoms with E-state index in [0.717, 1.165) is 6.54 Å². The lowest BCUT2D eigenvalue weighted by Crippen LogP contribution is -2.25. The second-order valence-corrected chi connectivity index (χ2v) is 4.29. The molecular weight excluding hydrogens is 198 g/mol. The lowest BCUT2D eigenvalue weighted by atomic mass is 10.1. The molecular formula is C14H19NO. The van der Waals surface area contributed by atoms with Crippen molar-refractivity contribution < 1.29 is 4.74 Å². The van der Waals surface area contributed by atoms with E-state index >= 15 is 0 Å². The zero-order chi connectivity index (χ0) is 11.2. The fourth-order valence-corrected chi connectivity index (χ4v) is 2.01. The number of rotatable bonds is 5. The monoisotopic (exact) mass is 217 g/mol. The van der Waals surface area contributed by atoms with Gasteiger partial charge in [-0.1, -0.05) is 36.9 Å². The van der Waals surface area contributed by atoms with Gasteiger partial charge in [-0.2, -0.15) is 0 Å². The van der Waals surface area contributed by atoms with E-state index in [2.05, 4.69) is 24.0 Å². The van der Waals surface area contributed by atoms with Gasteiger partial charge in [-0.3, -0.25) is 0 Å². The molecule has 0 unspecified atom stereocenters. The van der Waals surface area contributed by atoms with Crippen LogP contribution in [0.25, 0.3) is 0 Å². The van der Waals surface area contributed by atoms with Gasteiger partial charge in [0, 0.05) is 6.04 Å². The van der Waals surface area contributed by atoms with Crippen molar-refractivity contribution in [3.8, 4) is 0 Å². The number of nitrogens with one attached hydrogen (secondary N) is 1. The van der Waals surface area contributed by atoms with Crippen LogP contribution >= 0.6 is 0 Å². The Morgan fingerprint density at radius 1 is 1.38 bits per heavy atom. The number of hydrogen-bond donors (Lipinski definition) is 1. The van der Waals surface area contributed by atoms with E-state index in [4.69, 9.17) is 4.74 Å². The average molecular weight is 217 g/mol. The predicted octanol–water partition coefficient (Wildman–Crippen LogP) is 2.51. The summed E-state index contributed by atoms with van der Waals surface area (Å²) in [5.74, 6) is 0. The Hall–Kier alpha value is -1.12. The maximum absolute atomic E-state index is 5.65. The highest BCUT2D eigenvalue weighted by atomic mass is 16.5. The fraction of sp³-hybridized carbons (Fsp3) is 0.429. The van der Waals surface area contributed by atoms with Gasteiger partial charge in [-0.05, 0) is 30.5 Å². The lowest BCUT2D eigenvalue weighted by molar-refractivity contribution is 0.139. The largest absolute Gasteiger partial charge is 0.372 e. The molecule has 1 aliphatic rings. The maximum atomic E-state index is 5.65. The highest BCUT2D eigenvalue weighted by Crippen LogP contribution is 2.13. The summed E-state index contributed by atoms with van der Waals surface area (Å²) in [7, 11) is 0. The van der Waals surface area contributed by atoms with Crippen molar-refractivity contribution in [2.45, 2.75) is 25.5 Å². The molecule has 1 N–H and O–H groups in total.